The van der Waals surface area contributed by atoms with Crippen LogP contribution in [0.25, 0.3) is 0 Å². The van der Waals surface area contributed by atoms with Gasteiger partial charge in [0.25, 0.3) is 0 Å². The Balaban J connectivity index is 1.30. The van der Waals surface area contributed by atoms with E-state index in [1.54, 1.807) is 29.4 Å². The maximum absolute atomic E-state index is 12.4. The van der Waals surface area contributed by atoms with Crippen LogP contribution in [0.15, 0.2) is 36.7 Å². The number of aromatic hydroxyl groups is 1. The molecule has 1 aromatic carbocycles. The van der Waals surface area contributed by atoms with Gasteiger partial charge in [-0.1, -0.05) is 0 Å². The number of rotatable bonds is 3. The Hall–Kier alpha value is -2.83. The van der Waals surface area contributed by atoms with Gasteiger partial charge in [-0.15, -0.1) is 0 Å². The first kappa shape index (κ1) is 15.7. The Labute approximate surface area is 146 Å². The fraction of sp³-hybridized carbons (Fsp3) is 0.389. The zero-order valence-electron chi connectivity index (χ0n) is 13.9. The lowest BCUT2D eigenvalue weighted by Crippen LogP contribution is -2.50. The third-order valence-corrected chi connectivity index (χ3v) is 4.65. The normalized spacial score (nSPS) is 17.4. The predicted octanol–water partition coefficient (Wildman–Crippen LogP) is 2.41. The summed E-state index contributed by atoms with van der Waals surface area (Å²) < 4.78 is 0. The summed E-state index contributed by atoms with van der Waals surface area (Å²) in [7, 11) is 0. The van der Waals surface area contributed by atoms with E-state index < -0.39 is 0 Å². The number of phenols is 1. The number of urea groups is 1. The van der Waals surface area contributed by atoms with Crippen LogP contribution in [0, 0.1) is 0 Å². The SMILES string of the molecule is O=C(Nc1cnc(C2CC2)nc1)N1CCN(c2ccc(O)cc2)CC1. The molecular formula is C18H21N5O2. The number of nitrogens with zero attached hydrogens (tertiary/aromatic N) is 4. The second-order valence-electron chi connectivity index (χ2n) is 6.52. The van der Waals surface area contributed by atoms with Gasteiger partial charge in [-0.3, -0.25) is 0 Å². The van der Waals surface area contributed by atoms with E-state index >= 15 is 0 Å². The smallest absolute Gasteiger partial charge is 0.322 e. The van der Waals surface area contributed by atoms with Crippen LogP contribution < -0.4 is 10.2 Å². The predicted molar refractivity (Wildman–Crippen MR) is 94.9 cm³/mol. The third-order valence-electron chi connectivity index (χ3n) is 4.65. The summed E-state index contributed by atoms with van der Waals surface area (Å²) in [6.07, 6.45) is 5.70. The van der Waals surface area contributed by atoms with E-state index in [9.17, 15) is 9.90 Å². The van der Waals surface area contributed by atoms with Gasteiger partial charge in [-0.05, 0) is 37.1 Å². The number of hydrogen-bond acceptors (Lipinski definition) is 5. The molecule has 7 nitrogen and oxygen atoms in total. The summed E-state index contributed by atoms with van der Waals surface area (Å²) in [5.74, 6) is 1.65. The molecule has 2 heterocycles. The van der Waals surface area contributed by atoms with E-state index in [0.29, 0.717) is 24.7 Å². The summed E-state index contributed by atoms with van der Waals surface area (Å²) in [5.41, 5.74) is 1.69. The fourth-order valence-electron chi connectivity index (χ4n) is 2.99. The Morgan fingerprint density at radius 1 is 1.04 bits per heavy atom. The zero-order valence-corrected chi connectivity index (χ0v) is 13.9. The molecule has 0 atom stereocenters. The standard InChI is InChI=1S/C18H21N5O2/c24-16-5-3-15(4-6-16)22-7-9-23(10-8-22)18(25)21-14-11-19-17(20-12-14)13-1-2-13/h3-6,11-13,24H,1-2,7-10H2,(H,21,25). The summed E-state index contributed by atoms with van der Waals surface area (Å²) >= 11 is 0. The average Bonchev–Trinajstić information content (AvgIpc) is 3.48. The molecule has 25 heavy (non-hydrogen) atoms. The van der Waals surface area contributed by atoms with E-state index in [2.05, 4.69) is 20.2 Å². The summed E-state index contributed by atoms with van der Waals surface area (Å²) in [5, 5.41) is 12.2. The number of piperazine rings is 1. The van der Waals surface area contributed by atoms with Crippen LogP contribution in [0.3, 0.4) is 0 Å². The number of aromatic nitrogens is 2. The van der Waals surface area contributed by atoms with Crippen LogP contribution in [0.5, 0.6) is 5.75 Å². The molecular weight excluding hydrogens is 318 g/mol. The van der Waals surface area contributed by atoms with Crippen molar-refractivity contribution in [2.24, 2.45) is 0 Å². The van der Waals surface area contributed by atoms with Gasteiger partial charge in [-0.25, -0.2) is 14.8 Å². The molecule has 0 unspecified atom stereocenters. The lowest BCUT2D eigenvalue weighted by Gasteiger charge is -2.36. The van der Waals surface area contributed by atoms with Crippen molar-refractivity contribution in [2.45, 2.75) is 18.8 Å². The Kier molecular flexibility index (Phi) is 4.13. The first-order chi connectivity index (χ1) is 12.2. The molecule has 0 spiro atoms. The van der Waals surface area contributed by atoms with Gasteiger partial charge < -0.3 is 20.2 Å². The molecule has 0 bridgehead atoms. The van der Waals surface area contributed by atoms with Crippen LogP contribution in [0.4, 0.5) is 16.2 Å². The van der Waals surface area contributed by atoms with Crippen molar-refractivity contribution in [2.75, 3.05) is 36.4 Å². The van der Waals surface area contributed by atoms with Gasteiger partial charge in [0, 0.05) is 37.8 Å². The summed E-state index contributed by atoms with van der Waals surface area (Å²) in [6.45, 7) is 2.81. The van der Waals surface area contributed by atoms with E-state index in [0.717, 1.165) is 37.4 Å². The topological polar surface area (TPSA) is 81.6 Å². The number of carbonyl (C=O) groups is 1. The Morgan fingerprint density at radius 3 is 2.28 bits per heavy atom. The molecule has 1 aliphatic carbocycles. The first-order valence-electron chi connectivity index (χ1n) is 8.61. The molecule has 0 radical (unpaired) electrons. The highest BCUT2D eigenvalue weighted by Crippen LogP contribution is 2.37. The molecule has 2 N–H and O–H groups in total. The molecule has 2 aliphatic rings. The molecule has 1 saturated carbocycles. The first-order valence-corrected chi connectivity index (χ1v) is 8.61. The van der Waals surface area contributed by atoms with Gasteiger partial charge in [0.15, 0.2) is 0 Å². The Morgan fingerprint density at radius 2 is 1.68 bits per heavy atom. The second kappa shape index (κ2) is 6.58. The van der Waals surface area contributed by atoms with Gasteiger partial charge in [-0.2, -0.15) is 0 Å². The third kappa shape index (κ3) is 3.65. The molecule has 2 fully saturated rings. The lowest BCUT2D eigenvalue weighted by molar-refractivity contribution is 0.208. The largest absolute Gasteiger partial charge is 0.508 e. The number of anilines is 2. The minimum Gasteiger partial charge on any atom is -0.508 e. The number of benzene rings is 1. The van der Waals surface area contributed by atoms with E-state index in [1.807, 2.05) is 12.1 Å². The van der Waals surface area contributed by atoms with Crippen molar-refractivity contribution in [3.8, 4) is 5.75 Å². The van der Waals surface area contributed by atoms with Crippen LogP contribution >= 0.6 is 0 Å². The number of nitrogens with one attached hydrogen (secondary N) is 1. The van der Waals surface area contributed by atoms with E-state index in [1.165, 1.54) is 0 Å². The van der Waals surface area contributed by atoms with Crippen molar-refractivity contribution >= 4 is 17.4 Å². The summed E-state index contributed by atoms with van der Waals surface area (Å²) in [4.78, 5) is 25.0. The minimum absolute atomic E-state index is 0.117. The van der Waals surface area contributed by atoms with Crippen molar-refractivity contribution in [3.63, 3.8) is 0 Å². The average molecular weight is 339 g/mol. The number of carbonyl (C=O) groups excluding carboxylic acids is 1. The monoisotopic (exact) mass is 339 g/mol. The van der Waals surface area contributed by atoms with Crippen LogP contribution in [-0.4, -0.2) is 52.2 Å². The van der Waals surface area contributed by atoms with Crippen LogP contribution in [0.2, 0.25) is 0 Å². The fourth-order valence-corrected chi connectivity index (χ4v) is 2.99. The van der Waals surface area contributed by atoms with Gasteiger partial charge >= 0.3 is 6.03 Å². The zero-order chi connectivity index (χ0) is 17.2. The maximum atomic E-state index is 12.4. The van der Waals surface area contributed by atoms with Crippen molar-refractivity contribution in [1.82, 2.24) is 14.9 Å². The van der Waals surface area contributed by atoms with Gasteiger partial charge in [0.2, 0.25) is 0 Å². The molecule has 130 valence electrons. The van der Waals surface area contributed by atoms with E-state index in [-0.39, 0.29) is 11.8 Å². The Bertz CT molecular complexity index is 735. The molecule has 7 heteroatoms. The molecule has 1 aromatic heterocycles. The van der Waals surface area contributed by atoms with Crippen molar-refractivity contribution < 1.29 is 9.90 Å². The van der Waals surface area contributed by atoms with Crippen molar-refractivity contribution in [3.05, 3.63) is 42.5 Å². The van der Waals surface area contributed by atoms with Crippen LogP contribution in [0.1, 0.15) is 24.6 Å². The summed E-state index contributed by atoms with van der Waals surface area (Å²) in [6, 6.07) is 7.03. The highest BCUT2D eigenvalue weighted by molar-refractivity contribution is 5.89. The number of phenolic OH excluding ortho intramolecular Hbond substituents is 1. The molecule has 1 saturated heterocycles. The molecule has 2 amide bonds. The number of hydrogen-bond donors (Lipinski definition) is 2. The number of amides is 2. The van der Waals surface area contributed by atoms with Crippen LogP contribution in [-0.2, 0) is 0 Å². The van der Waals surface area contributed by atoms with Gasteiger partial charge in [0.1, 0.15) is 11.6 Å². The molecule has 4 rings (SSSR count). The van der Waals surface area contributed by atoms with E-state index in [4.69, 9.17) is 0 Å². The maximum Gasteiger partial charge on any atom is 0.322 e. The quantitative estimate of drug-likeness (QED) is 0.897. The lowest BCUT2D eigenvalue weighted by atomic mass is 10.2. The van der Waals surface area contributed by atoms with Gasteiger partial charge in [0.05, 0.1) is 18.1 Å². The second-order valence-corrected chi connectivity index (χ2v) is 6.52. The highest BCUT2D eigenvalue weighted by atomic mass is 16.3. The molecule has 2 aromatic rings. The van der Waals surface area contributed by atoms with Crippen molar-refractivity contribution in [1.29, 1.82) is 0 Å². The highest BCUT2D eigenvalue weighted by Gasteiger charge is 2.26. The molecule has 1 aliphatic heterocycles. The minimum atomic E-state index is -0.117.